The lowest BCUT2D eigenvalue weighted by Crippen LogP contribution is -2.11. The molecule has 0 atom stereocenters. The zero-order valence-corrected chi connectivity index (χ0v) is 8.94. The van der Waals surface area contributed by atoms with Crippen LogP contribution in [0.5, 0.6) is 0 Å². The summed E-state index contributed by atoms with van der Waals surface area (Å²) in [7, 11) is -8.17. The monoisotopic (exact) mass is 255 g/mol. The Labute approximate surface area is 87.2 Å². The topological polar surface area (TPSA) is 135 Å². The summed E-state index contributed by atoms with van der Waals surface area (Å²) < 4.78 is 52.8. The summed E-state index contributed by atoms with van der Waals surface area (Å²) in [5.74, 6) is 0. The molecule has 0 saturated carbocycles. The molecule has 4 N–H and O–H groups in total. The molecule has 9 heteroatoms. The Morgan fingerprint density at radius 2 is 1.27 bits per heavy atom. The second kappa shape index (κ2) is 5.19. The molecule has 0 aromatic heterocycles. The van der Waals surface area contributed by atoms with Crippen LogP contribution < -0.4 is 5.14 Å². The number of hydrogen-bond donors (Lipinski definition) is 3. The summed E-state index contributed by atoms with van der Waals surface area (Å²) in [6.45, 7) is 0. The summed E-state index contributed by atoms with van der Waals surface area (Å²) in [6.07, 6.45) is 0. The first-order chi connectivity index (χ1) is 6.61. The van der Waals surface area contributed by atoms with Crippen LogP contribution in [0.1, 0.15) is 0 Å². The molecule has 0 spiro atoms. The minimum atomic E-state index is -4.67. The Kier molecular flexibility index (Phi) is 4.84. The lowest BCUT2D eigenvalue weighted by Gasteiger charge is -1.93. The maximum atomic E-state index is 10.6. The highest BCUT2D eigenvalue weighted by atomic mass is 32.3. The zero-order valence-electron chi connectivity index (χ0n) is 7.31. The third-order valence-electron chi connectivity index (χ3n) is 1.07. The molecular weight excluding hydrogens is 246 g/mol. The van der Waals surface area contributed by atoms with Gasteiger partial charge in [-0.25, -0.2) is 13.6 Å². The van der Waals surface area contributed by atoms with Gasteiger partial charge in [-0.15, -0.1) is 0 Å². The standard InChI is InChI=1S/C6H7NO2S.H2O4S/c7-10(8,9)6-4-2-1-3-5-6;1-5(2,3)4/h1-5H,(H2,7,8,9);(H2,1,2,3,4). The van der Waals surface area contributed by atoms with E-state index < -0.39 is 20.4 Å². The van der Waals surface area contributed by atoms with Crippen LogP contribution in [0.4, 0.5) is 0 Å². The second-order valence-electron chi connectivity index (χ2n) is 2.31. The average Bonchev–Trinajstić information content (AvgIpc) is 2.01. The van der Waals surface area contributed by atoms with Gasteiger partial charge in [0.15, 0.2) is 0 Å². The van der Waals surface area contributed by atoms with E-state index in [9.17, 15) is 8.42 Å². The van der Waals surface area contributed by atoms with Crippen molar-refractivity contribution >= 4 is 20.4 Å². The van der Waals surface area contributed by atoms with Gasteiger partial charge >= 0.3 is 10.4 Å². The first kappa shape index (κ1) is 14.0. The number of nitrogens with two attached hydrogens (primary N) is 1. The summed E-state index contributed by atoms with van der Waals surface area (Å²) in [4.78, 5) is 0.148. The van der Waals surface area contributed by atoms with E-state index in [0.29, 0.717) is 0 Å². The maximum Gasteiger partial charge on any atom is 0.394 e. The molecule has 0 unspecified atom stereocenters. The quantitative estimate of drug-likeness (QED) is 0.588. The Morgan fingerprint density at radius 3 is 1.47 bits per heavy atom. The van der Waals surface area contributed by atoms with Crippen molar-refractivity contribution in [2.24, 2.45) is 5.14 Å². The fraction of sp³-hybridized carbons (Fsp3) is 0. The molecule has 86 valence electrons. The highest BCUT2D eigenvalue weighted by Crippen LogP contribution is 2.02. The third-order valence-corrected chi connectivity index (χ3v) is 2.00. The Bertz CT molecular complexity index is 484. The van der Waals surface area contributed by atoms with Crippen molar-refractivity contribution in [3.63, 3.8) is 0 Å². The summed E-state index contributed by atoms with van der Waals surface area (Å²) >= 11 is 0. The minimum absolute atomic E-state index is 0.148. The number of primary sulfonamides is 1. The molecule has 1 aromatic rings. The van der Waals surface area contributed by atoms with Gasteiger partial charge in [0.2, 0.25) is 10.0 Å². The van der Waals surface area contributed by atoms with Gasteiger partial charge in [0.05, 0.1) is 4.90 Å². The first-order valence-corrected chi connectivity index (χ1v) is 6.33. The number of benzene rings is 1. The van der Waals surface area contributed by atoms with Crippen LogP contribution in [0.3, 0.4) is 0 Å². The van der Waals surface area contributed by atoms with E-state index in [1.165, 1.54) is 12.1 Å². The van der Waals surface area contributed by atoms with Gasteiger partial charge in [-0.3, -0.25) is 9.11 Å². The SMILES string of the molecule is NS(=O)(=O)c1ccccc1.O=S(=O)(O)O. The van der Waals surface area contributed by atoms with Crippen LogP contribution in [0.2, 0.25) is 0 Å². The highest BCUT2D eigenvalue weighted by Gasteiger charge is 2.03. The van der Waals surface area contributed by atoms with E-state index in [-0.39, 0.29) is 4.90 Å². The summed E-state index contributed by atoms with van der Waals surface area (Å²) in [6, 6.07) is 7.89. The van der Waals surface area contributed by atoms with Gasteiger partial charge in [0.25, 0.3) is 0 Å². The zero-order chi connectivity index (χ0) is 12.1. The van der Waals surface area contributed by atoms with Crippen LogP contribution in [0.15, 0.2) is 35.2 Å². The summed E-state index contributed by atoms with van der Waals surface area (Å²) in [5, 5.41) is 4.83. The molecule has 1 rings (SSSR count). The predicted octanol–water partition coefficient (Wildman–Crippen LogP) is -0.319. The van der Waals surface area contributed by atoms with Crippen molar-refractivity contribution in [3.05, 3.63) is 30.3 Å². The lowest BCUT2D eigenvalue weighted by molar-refractivity contribution is 0.381. The fourth-order valence-corrected chi connectivity index (χ4v) is 1.15. The van der Waals surface area contributed by atoms with Crippen LogP contribution in [-0.2, 0) is 20.4 Å². The van der Waals surface area contributed by atoms with E-state index in [1.54, 1.807) is 18.2 Å². The van der Waals surface area contributed by atoms with E-state index >= 15 is 0 Å². The highest BCUT2D eigenvalue weighted by molar-refractivity contribution is 7.89. The van der Waals surface area contributed by atoms with E-state index in [0.717, 1.165) is 0 Å². The van der Waals surface area contributed by atoms with Crippen LogP contribution in [-0.4, -0.2) is 25.9 Å². The molecule has 0 fully saturated rings. The molecule has 7 nitrogen and oxygen atoms in total. The van der Waals surface area contributed by atoms with Crippen molar-refractivity contribution < 1.29 is 25.9 Å². The Balaban J connectivity index is 0.000000336. The number of rotatable bonds is 1. The van der Waals surface area contributed by atoms with Crippen molar-refractivity contribution in [2.45, 2.75) is 4.90 Å². The van der Waals surface area contributed by atoms with Crippen molar-refractivity contribution in [2.75, 3.05) is 0 Å². The van der Waals surface area contributed by atoms with E-state index in [2.05, 4.69) is 0 Å². The van der Waals surface area contributed by atoms with Gasteiger partial charge in [0.1, 0.15) is 0 Å². The van der Waals surface area contributed by atoms with E-state index in [1.807, 2.05) is 0 Å². The molecule has 0 radical (unpaired) electrons. The second-order valence-corrected chi connectivity index (χ2v) is 4.76. The fourth-order valence-electron chi connectivity index (χ4n) is 0.610. The molecule has 0 amide bonds. The number of hydrogen-bond acceptors (Lipinski definition) is 4. The van der Waals surface area contributed by atoms with Crippen molar-refractivity contribution in [3.8, 4) is 0 Å². The molecule has 15 heavy (non-hydrogen) atoms. The minimum Gasteiger partial charge on any atom is -0.264 e. The van der Waals surface area contributed by atoms with Crippen LogP contribution in [0.25, 0.3) is 0 Å². The third kappa shape index (κ3) is 9.31. The van der Waals surface area contributed by atoms with Gasteiger partial charge < -0.3 is 0 Å². The first-order valence-electron chi connectivity index (χ1n) is 3.38. The maximum absolute atomic E-state index is 10.6. The van der Waals surface area contributed by atoms with Crippen molar-refractivity contribution in [1.82, 2.24) is 0 Å². The lowest BCUT2D eigenvalue weighted by atomic mass is 10.4. The normalized spacial score (nSPS) is 11.4. The van der Waals surface area contributed by atoms with Crippen LogP contribution in [0, 0.1) is 0 Å². The smallest absolute Gasteiger partial charge is 0.264 e. The van der Waals surface area contributed by atoms with Gasteiger partial charge in [-0.05, 0) is 12.1 Å². The molecule has 0 aliphatic rings. The van der Waals surface area contributed by atoms with E-state index in [4.69, 9.17) is 22.7 Å². The van der Waals surface area contributed by atoms with Gasteiger partial charge in [-0.1, -0.05) is 18.2 Å². The summed E-state index contributed by atoms with van der Waals surface area (Å²) in [5.41, 5.74) is 0. The molecule has 0 heterocycles. The largest absolute Gasteiger partial charge is 0.394 e. The van der Waals surface area contributed by atoms with Crippen LogP contribution >= 0.6 is 0 Å². The molecule has 0 aliphatic heterocycles. The molecular formula is C6H9NO6S2. The Hall–Kier alpha value is -1.00. The Morgan fingerprint density at radius 1 is 0.933 bits per heavy atom. The van der Waals surface area contributed by atoms with Crippen molar-refractivity contribution in [1.29, 1.82) is 0 Å². The number of sulfonamides is 1. The molecule has 0 bridgehead atoms. The predicted molar refractivity (Wildman–Crippen MR) is 52.0 cm³/mol. The average molecular weight is 255 g/mol. The van der Waals surface area contributed by atoms with Gasteiger partial charge in [-0.2, -0.15) is 8.42 Å². The van der Waals surface area contributed by atoms with Gasteiger partial charge in [0, 0.05) is 0 Å². The molecule has 0 aliphatic carbocycles. The molecule has 1 aromatic carbocycles. The molecule has 0 saturated heterocycles.